The van der Waals surface area contributed by atoms with Crippen LogP contribution in [0.4, 0.5) is 0 Å². The SMILES string of the molecule is C=C(C)CN(CC)S(=O)(=O)c1ccc(Cl)c(CNC)c1Cl. The molecule has 7 heteroatoms. The first kappa shape index (κ1) is 18.5. The molecule has 0 amide bonds. The standard InChI is InChI=1S/C14H20Cl2N2O2S/c1-5-18(9-10(2)3)21(19,20)13-7-6-12(15)11(8-17-4)14(13)16/h6-7,17H,2,5,8-9H2,1,3-4H3. The van der Waals surface area contributed by atoms with Crippen LogP contribution in [-0.2, 0) is 16.6 Å². The topological polar surface area (TPSA) is 49.4 Å². The molecule has 1 N–H and O–H groups in total. The number of likely N-dealkylation sites (N-methyl/N-ethyl adjacent to an activating group) is 1. The van der Waals surface area contributed by atoms with Gasteiger partial charge in [0.05, 0.1) is 5.02 Å². The van der Waals surface area contributed by atoms with Gasteiger partial charge in [-0.05, 0) is 26.1 Å². The number of rotatable bonds is 7. The second kappa shape index (κ2) is 7.61. The first-order chi connectivity index (χ1) is 9.75. The fraction of sp³-hybridized carbons (Fsp3) is 0.429. The first-order valence-corrected chi connectivity index (χ1v) is 8.71. The molecule has 0 fully saturated rings. The van der Waals surface area contributed by atoms with Crippen molar-refractivity contribution in [3.63, 3.8) is 0 Å². The second-order valence-corrected chi connectivity index (χ2v) is 7.45. The fourth-order valence-corrected chi connectivity index (χ4v) is 4.32. The molecule has 118 valence electrons. The van der Waals surface area contributed by atoms with E-state index in [2.05, 4.69) is 11.9 Å². The summed E-state index contributed by atoms with van der Waals surface area (Å²) in [5.41, 5.74) is 1.34. The van der Waals surface area contributed by atoms with Gasteiger partial charge in [0, 0.05) is 30.2 Å². The van der Waals surface area contributed by atoms with Crippen LogP contribution in [0.25, 0.3) is 0 Å². The van der Waals surface area contributed by atoms with Crippen molar-refractivity contribution >= 4 is 33.2 Å². The Labute approximate surface area is 136 Å². The number of hydrogen-bond acceptors (Lipinski definition) is 3. The van der Waals surface area contributed by atoms with Gasteiger partial charge < -0.3 is 5.32 Å². The lowest BCUT2D eigenvalue weighted by Gasteiger charge is -2.22. The van der Waals surface area contributed by atoms with E-state index in [4.69, 9.17) is 23.2 Å². The Morgan fingerprint density at radius 1 is 1.38 bits per heavy atom. The lowest BCUT2D eigenvalue weighted by atomic mass is 10.2. The van der Waals surface area contributed by atoms with Crippen molar-refractivity contribution in [1.29, 1.82) is 0 Å². The van der Waals surface area contributed by atoms with Gasteiger partial charge in [-0.2, -0.15) is 4.31 Å². The van der Waals surface area contributed by atoms with E-state index in [-0.39, 0.29) is 16.5 Å². The van der Waals surface area contributed by atoms with E-state index >= 15 is 0 Å². The van der Waals surface area contributed by atoms with Crippen LogP contribution in [-0.4, -0.2) is 32.9 Å². The van der Waals surface area contributed by atoms with Gasteiger partial charge in [-0.15, -0.1) is 0 Å². The zero-order valence-electron chi connectivity index (χ0n) is 12.4. The van der Waals surface area contributed by atoms with Crippen LogP contribution in [0.2, 0.25) is 10.0 Å². The van der Waals surface area contributed by atoms with E-state index in [1.54, 1.807) is 27.0 Å². The molecule has 4 nitrogen and oxygen atoms in total. The third kappa shape index (κ3) is 4.20. The van der Waals surface area contributed by atoms with E-state index in [1.165, 1.54) is 10.4 Å². The summed E-state index contributed by atoms with van der Waals surface area (Å²) in [7, 11) is -1.94. The summed E-state index contributed by atoms with van der Waals surface area (Å²) in [5.74, 6) is 0. The number of sulfonamides is 1. The van der Waals surface area contributed by atoms with Crippen molar-refractivity contribution in [2.45, 2.75) is 25.3 Å². The minimum Gasteiger partial charge on any atom is -0.316 e. The molecule has 1 rings (SSSR count). The van der Waals surface area contributed by atoms with Gasteiger partial charge in [0.1, 0.15) is 4.90 Å². The van der Waals surface area contributed by atoms with Gasteiger partial charge in [-0.25, -0.2) is 8.42 Å². The van der Waals surface area contributed by atoms with Crippen LogP contribution in [0, 0.1) is 0 Å². The number of nitrogens with one attached hydrogen (secondary N) is 1. The van der Waals surface area contributed by atoms with Crippen LogP contribution in [0.5, 0.6) is 0 Å². The average molecular weight is 351 g/mol. The highest BCUT2D eigenvalue weighted by Gasteiger charge is 2.27. The maximum absolute atomic E-state index is 12.7. The van der Waals surface area contributed by atoms with Crippen LogP contribution in [0.15, 0.2) is 29.2 Å². The quantitative estimate of drug-likeness (QED) is 0.767. The predicted molar refractivity (Wildman–Crippen MR) is 88.5 cm³/mol. The molecule has 0 saturated heterocycles. The van der Waals surface area contributed by atoms with E-state index in [1.807, 2.05) is 0 Å². The molecule has 0 unspecified atom stereocenters. The Kier molecular flexibility index (Phi) is 6.69. The van der Waals surface area contributed by atoms with Crippen LogP contribution >= 0.6 is 23.2 Å². The molecule has 0 atom stereocenters. The van der Waals surface area contributed by atoms with Crippen LogP contribution < -0.4 is 5.32 Å². The first-order valence-electron chi connectivity index (χ1n) is 6.51. The lowest BCUT2D eigenvalue weighted by molar-refractivity contribution is 0.453. The van der Waals surface area contributed by atoms with E-state index in [0.29, 0.717) is 23.7 Å². The summed E-state index contributed by atoms with van der Waals surface area (Å²) in [4.78, 5) is 0.0712. The van der Waals surface area contributed by atoms with Gasteiger partial charge in [0.2, 0.25) is 10.0 Å². The molecule has 0 saturated carbocycles. The van der Waals surface area contributed by atoms with Crippen molar-refractivity contribution in [3.05, 3.63) is 39.9 Å². The van der Waals surface area contributed by atoms with Gasteiger partial charge >= 0.3 is 0 Å². The Morgan fingerprint density at radius 3 is 2.48 bits per heavy atom. The summed E-state index contributed by atoms with van der Waals surface area (Å²) < 4.78 is 26.8. The number of benzene rings is 1. The molecule has 0 spiro atoms. The highest BCUT2D eigenvalue weighted by atomic mass is 35.5. The van der Waals surface area contributed by atoms with Gasteiger partial charge in [-0.3, -0.25) is 0 Å². The Morgan fingerprint density at radius 2 is 2.00 bits per heavy atom. The molecular formula is C14H20Cl2N2O2S. The number of hydrogen-bond donors (Lipinski definition) is 1. The van der Waals surface area contributed by atoms with E-state index in [9.17, 15) is 8.42 Å². The molecule has 0 radical (unpaired) electrons. The second-order valence-electron chi connectivity index (χ2n) is 4.76. The smallest absolute Gasteiger partial charge is 0.244 e. The third-order valence-corrected chi connectivity index (χ3v) is 5.78. The predicted octanol–water partition coefficient (Wildman–Crippen LogP) is 3.30. The molecular weight excluding hydrogens is 331 g/mol. The van der Waals surface area contributed by atoms with Gasteiger partial charge in [-0.1, -0.05) is 42.3 Å². The highest BCUT2D eigenvalue weighted by molar-refractivity contribution is 7.89. The zero-order chi connectivity index (χ0) is 16.2. The molecule has 0 heterocycles. The Balaban J connectivity index is 3.37. The number of halogens is 2. The zero-order valence-corrected chi connectivity index (χ0v) is 14.7. The van der Waals surface area contributed by atoms with Crippen LogP contribution in [0.3, 0.4) is 0 Å². The van der Waals surface area contributed by atoms with E-state index in [0.717, 1.165) is 5.57 Å². The summed E-state index contributed by atoms with van der Waals surface area (Å²) in [5, 5.41) is 3.53. The van der Waals surface area contributed by atoms with Crippen molar-refractivity contribution in [2.75, 3.05) is 20.1 Å². The maximum atomic E-state index is 12.7. The van der Waals surface area contributed by atoms with Crippen molar-refractivity contribution in [1.82, 2.24) is 9.62 Å². The normalized spacial score (nSPS) is 11.9. The molecule has 0 aliphatic carbocycles. The Hall–Kier alpha value is -0.590. The molecule has 0 aliphatic rings. The molecule has 0 aliphatic heterocycles. The average Bonchev–Trinajstić information content (AvgIpc) is 2.40. The van der Waals surface area contributed by atoms with Crippen LogP contribution in [0.1, 0.15) is 19.4 Å². The largest absolute Gasteiger partial charge is 0.316 e. The van der Waals surface area contributed by atoms with E-state index < -0.39 is 10.0 Å². The summed E-state index contributed by atoms with van der Waals surface area (Å²) in [6, 6.07) is 3.00. The van der Waals surface area contributed by atoms with Crippen molar-refractivity contribution in [2.24, 2.45) is 0 Å². The van der Waals surface area contributed by atoms with Crippen molar-refractivity contribution < 1.29 is 8.42 Å². The van der Waals surface area contributed by atoms with Gasteiger partial charge in [0.15, 0.2) is 0 Å². The van der Waals surface area contributed by atoms with Crippen molar-refractivity contribution in [3.8, 4) is 0 Å². The minimum absolute atomic E-state index is 0.0712. The Bertz CT molecular complexity index is 630. The minimum atomic E-state index is -3.68. The van der Waals surface area contributed by atoms with Gasteiger partial charge in [0.25, 0.3) is 0 Å². The summed E-state index contributed by atoms with van der Waals surface area (Å²) >= 11 is 12.3. The molecule has 21 heavy (non-hydrogen) atoms. The molecule has 1 aromatic rings. The third-order valence-electron chi connectivity index (χ3n) is 2.92. The molecule has 0 bridgehead atoms. The molecule has 0 aromatic heterocycles. The summed E-state index contributed by atoms with van der Waals surface area (Å²) in [6.07, 6.45) is 0. The monoisotopic (exact) mass is 350 g/mol. The lowest BCUT2D eigenvalue weighted by Crippen LogP contribution is -2.32. The summed E-state index contributed by atoms with van der Waals surface area (Å²) in [6.45, 7) is 8.33. The highest BCUT2D eigenvalue weighted by Crippen LogP contribution is 2.32. The maximum Gasteiger partial charge on any atom is 0.244 e. The molecule has 1 aromatic carbocycles. The fourth-order valence-electron chi connectivity index (χ4n) is 1.92. The number of nitrogens with zero attached hydrogens (tertiary/aromatic N) is 1.